The van der Waals surface area contributed by atoms with Crippen molar-refractivity contribution in [2.45, 2.75) is 13.3 Å². The van der Waals surface area contributed by atoms with Gasteiger partial charge in [-0.15, -0.1) is 0 Å². The Kier molecular flexibility index (Phi) is 6.37. The van der Waals surface area contributed by atoms with E-state index in [1.807, 2.05) is 37.3 Å². The number of halogens is 2. The summed E-state index contributed by atoms with van der Waals surface area (Å²) in [5, 5.41) is 1.42. The van der Waals surface area contributed by atoms with Crippen LogP contribution in [-0.2, 0) is 6.42 Å². The molecule has 0 saturated carbocycles. The molecule has 0 unspecified atom stereocenters. The zero-order valence-corrected chi connectivity index (χ0v) is 14.0. The first-order chi connectivity index (χ1) is 10.6. The molecule has 0 heterocycles. The number of hydrogen-bond acceptors (Lipinski definition) is 3. The van der Waals surface area contributed by atoms with E-state index in [0.29, 0.717) is 24.8 Å². The molecule has 0 aliphatic heterocycles. The molecule has 0 radical (unpaired) electrons. The highest BCUT2D eigenvalue weighted by atomic mass is 35.5. The van der Waals surface area contributed by atoms with Crippen LogP contribution in [0.3, 0.4) is 0 Å². The lowest BCUT2D eigenvalue weighted by Crippen LogP contribution is -2.11. The van der Waals surface area contributed by atoms with E-state index in [1.54, 1.807) is 6.07 Å². The Bertz CT molecular complexity index is 632. The number of nitrogens with two attached hydrogens (primary N) is 1. The second kappa shape index (κ2) is 8.28. The lowest BCUT2D eigenvalue weighted by molar-refractivity contribution is 0.216. The summed E-state index contributed by atoms with van der Waals surface area (Å²) in [6, 6.07) is 11.1. The summed E-state index contributed by atoms with van der Waals surface area (Å²) in [5.41, 5.74) is 7.60. The fourth-order valence-corrected chi connectivity index (χ4v) is 2.37. The number of aryl methyl sites for hydroxylation is 1. The van der Waals surface area contributed by atoms with Gasteiger partial charge in [0.15, 0.2) is 0 Å². The Labute approximate surface area is 140 Å². The summed E-state index contributed by atoms with van der Waals surface area (Å²) in [6.45, 7) is 3.39. The first-order valence-electron chi connectivity index (χ1n) is 7.10. The fraction of sp³-hybridized carbons (Fsp3) is 0.294. The molecule has 3 nitrogen and oxygen atoms in total. The highest BCUT2D eigenvalue weighted by Crippen LogP contribution is 2.24. The quantitative estimate of drug-likeness (QED) is 0.766. The number of rotatable bonds is 7. The summed E-state index contributed by atoms with van der Waals surface area (Å²) < 4.78 is 11.4. The largest absolute Gasteiger partial charge is 0.490 e. The van der Waals surface area contributed by atoms with Crippen LogP contribution in [0.4, 0.5) is 0 Å². The van der Waals surface area contributed by atoms with Crippen LogP contribution in [-0.4, -0.2) is 19.8 Å². The topological polar surface area (TPSA) is 44.5 Å². The standard InChI is InChI=1S/C17H19Cl2NO2/c1-12-10-15(3-4-16(12)19)21-8-9-22-17-5-2-14(18)11-13(17)6-7-20/h2-5,10-11H,6-9,20H2,1H3. The molecule has 0 atom stereocenters. The van der Waals surface area contributed by atoms with E-state index >= 15 is 0 Å². The summed E-state index contributed by atoms with van der Waals surface area (Å²) >= 11 is 12.0. The average Bonchev–Trinajstić information content (AvgIpc) is 2.49. The lowest BCUT2D eigenvalue weighted by Gasteiger charge is -2.12. The second-order valence-electron chi connectivity index (χ2n) is 4.90. The van der Waals surface area contributed by atoms with Crippen LogP contribution < -0.4 is 15.2 Å². The van der Waals surface area contributed by atoms with Crippen molar-refractivity contribution in [1.82, 2.24) is 0 Å². The Balaban J connectivity index is 1.87. The summed E-state index contributed by atoms with van der Waals surface area (Å²) in [4.78, 5) is 0. The summed E-state index contributed by atoms with van der Waals surface area (Å²) in [6.07, 6.45) is 0.729. The van der Waals surface area contributed by atoms with Crippen LogP contribution in [0, 0.1) is 6.92 Å². The molecule has 2 N–H and O–H groups in total. The van der Waals surface area contributed by atoms with E-state index in [9.17, 15) is 0 Å². The molecule has 5 heteroatoms. The van der Waals surface area contributed by atoms with Gasteiger partial charge in [0.25, 0.3) is 0 Å². The van der Waals surface area contributed by atoms with Crippen LogP contribution in [0.5, 0.6) is 11.5 Å². The minimum atomic E-state index is 0.445. The Morgan fingerprint density at radius 2 is 1.77 bits per heavy atom. The predicted molar refractivity (Wildman–Crippen MR) is 91.4 cm³/mol. The third-order valence-electron chi connectivity index (χ3n) is 3.18. The minimum Gasteiger partial charge on any atom is -0.490 e. The van der Waals surface area contributed by atoms with Gasteiger partial charge in [-0.2, -0.15) is 0 Å². The highest BCUT2D eigenvalue weighted by molar-refractivity contribution is 6.31. The van der Waals surface area contributed by atoms with Crippen molar-refractivity contribution in [3.63, 3.8) is 0 Å². The molecule has 0 aliphatic carbocycles. The highest BCUT2D eigenvalue weighted by Gasteiger charge is 2.05. The first-order valence-corrected chi connectivity index (χ1v) is 7.86. The smallest absolute Gasteiger partial charge is 0.122 e. The van der Waals surface area contributed by atoms with E-state index < -0.39 is 0 Å². The summed E-state index contributed by atoms with van der Waals surface area (Å²) in [5.74, 6) is 1.58. The molecule has 118 valence electrons. The van der Waals surface area contributed by atoms with Crippen molar-refractivity contribution in [3.8, 4) is 11.5 Å². The molecule has 0 aromatic heterocycles. The fourth-order valence-electron chi connectivity index (χ4n) is 2.06. The maximum atomic E-state index is 5.99. The normalized spacial score (nSPS) is 10.5. The SMILES string of the molecule is Cc1cc(OCCOc2ccc(Cl)cc2CCN)ccc1Cl. The van der Waals surface area contributed by atoms with Gasteiger partial charge in [-0.25, -0.2) is 0 Å². The van der Waals surface area contributed by atoms with Crippen molar-refractivity contribution in [3.05, 3.63) is 57.6 Å². The molecule has 2 aromatic rings. The van der Waals surface area contributed by atoms with Gasteiger partial charge in [-0.3, -0.25) is 0 Å². The van der Waals surface area contributed by atoms with Crippen molar-refractivity contribution in [2.75, 3.05) is 19.8 Å². The molecule has 0 saturated heterocycles. The molecule has 0 bridgehead atoms. The number of benzene rings is 2. The Morgan fingerprint density at radius 3 is 2.50 bits per heavy atom. The van der Waals surface area contributed by atoms with E-state index in [1.165, 1.54) is 0 Å². The number of ether oxygens (including phenoxy) is 2. The van der Waals surface area contributed by atoms with Gasteiger partial charge >= 0.3 is 0 Å². The van der Waals surface area contributed by atoms with Crippen LogP contribution in [0.15, 0.2) is 36.4 Å². The van der Waals surface area contributed by atoms with E-state index in [-0.39, 0.29) is 0 Å². The van der Waals surface area contributed by atoms with Crippen molar-refractivity contribution in [1.29, 1.82) is 0 Å². The second-order valence-corrected chi connectivity index (χ2v) is 5.74. The van der Waals surface area contributed by atoms with Crippen molar-refractivity contribution < 1.29 is 9.47 Å². The zero-order valence-electron chi connectivity index (χ0n) is 12.4. The average molecular weight is 340 g/mol. The van der Waals surface area contributed by atoms with Gasteiger partial charge in [-0.1, -0.05) is 23.2 Å². The zero-order chi connectivity index (χ0) is 15.9. The predicted octanol–water partition coefficient (Wildman–Crippen LogP) is 4.26. The van der Waals surface area contributed by atoms with Gasteiger partial charge in [-0.05, 0) is 67.4 Å². The third kappa shape index (κ3) is 4.80. The molecule has 0 fully saturated rings. The minimum absolute atomic E-state index is 0.445. The molecular formula is C17H19Cl2NO2. The maximum absolute atomic E-state index is 5.99. The first kappa shape index (κ1) is 16.9. The monoisotopic (exact) mass is 339 g/mol. The lowest BCUT2D eigenvalue weighted by atomic mass is 10.1. The molecule has 0 spiro atoms. The van der Waals surface area contributed by atoms with Crippen molar-refractivity contribution >= 4 is 23.2 Å². The van der Waals surface area contributed by atoms with Crippen LogP contribution in [0.1, 0.15) is 11.1 Å². The van der Waals surface area contributed by atoms with Gasteiger partial charge in [0.1, 0.15) is 24.7 Å². The third-order valence-corrected chi connectivity index (χ3v) is 3.83. The van der Waals surface area contributed by atoms with Crippen molar-refractivity contribution in [2.24, 2.45) is 5.73 Å². The van der Waals surface area contributed by atoms with Gasteiger partial charge < -0.3 is 15.2 Å². The maximum Gasteiger partial charge on any atom is 0.122 e. The van der Waals surface area contributed by atoms with Crippen LogP contribution in [0.2, 0.25) is 10.0 Å². The van der Waals surface area contributed by atoms with E-state index in [2.05, 4.69) is 0 Å². The Hall–Kier alpha value is -1.42. The molecule has 0 amide bonds. The van der Waals surface area contributed by atoms with E-state index in [4.69, 9.17) is 38.4 Å². The summed E-state index contributed by atoms with van der Waals surface area (Å²) in [7, 11) is 0. The van der Waals surface area contributed by atoms with Crippen LogP contribution >= 0.6 is 23.2 Å². The molecule has 2 aromatic carbocycles. The van der Waals surface area contributed by atoms with E-state index in [0.717, 1.165) is 34.1 Å². The van der Waals surface area contributed by atoms with Gasteiger partial charge in [0.2, 0.25) is 0 Å². The van der Waals surface area contributed by atoms with Gasteiger partial charge in [0.05, 0.1) is 0 Å². The molecular weight excluding hydrogens is 321 g/mol. The molecule has 22 heavy (non-hydrogen) atoms. The molecule has 0 aliphatic rings. The number of hydrogen-bond donors (Lipinski definition) is 1. The van der Waals surface area contributed by atoms with Gasteiger partial charge in [0, 0.05) is 10.0 Å². The molecule has 2 rings (SSSR count). The van der Waals surface area contributed by atoms with Crippen LogP contribution in [0.25, 0.3) is 0 Å². The Morgan fingerprint density at radius 1 is 1.00 bits per heavy atom.